The third kappa shape index (κ3) is 2.06. The Labute approximate surface area is 92.8 Å². The van der Waals surface area contributed by atoms with E-state index < -0.39 is 6.04 Å². The predicted octanol–water partition coefficient (Wildman–Crippen LogP) is -0.253. The second kappa shape index (κ2) is 4.09. The van der Waals surface area contributed by atoms with E-state index in [0.717, 1.165) is 5.56 Å². The Balaban J connectivity index is 2.24. The molecule has 0 saturated carbocycles. The van der Waals surface area contributed by atoms with Gasteiger partial charge in [-0.2, -0.15) is 0 Å². The van der Waals surface area contributed by atoms with Gasteiger partial charge in [0.05, 0.1) is 0 Å². The minimum atomic E-state index is -0.477. The first-order chi connectivity index (χ1) is 7.18. The first kappa shape index (κ1) is 10.3. The van der Waals surface area contributed by atoms with Gasteiger partial charge in [-0.25, -0.2) is 10.9 Å². The SMILES string of the molecule is Nc1ccccc1C1NNC(S)NC1=O. The number of amides is 1. The largest absolute Gasteiger partial charge is 0.398 e. The van der Waals surface area contributed by atoms with Gasteiger partial charge in [0.15, 0.2) is 0 Å². The Kier molecular flexibility index (Phi) is 2.81. The van der Waals surface area contributed by atoms with Gasteiger partial charge in [-0.15, -0.1) is 12.6 Å². The zero-order chi connectivity index (χ0) is 10.8. The van der Waals surface area contributed by atoms with Crippen LogP contribution in [0.5, 0.6) is 0 Å². The van der Waals surface area contributed by atoms with Gasteiger partial charge in [0.25, 0.3) is 0 Å². The molecule has 2 rings (SSSR count). The summed E-state index contributed by atoms with van der Waals surface area (Å²) in [4.78, 5) is 11.6. The van der Waals surface area contributed by atoms with E-state index in [4.69, 9.17) is 5.73 Å². The van der Waals surface area contributed by atoms with E-state index >= 15 is 0 Å². The number of nitrogen functional groups attached to an aromatic ring is 1. The van der Waals surface area contributed by atoms with Gasteiger partial charge in [0, 0.05) is 11.3 Å². The number of hydrogen-bond donors (Lipinski definition) is 5. The van der Waals surface area contributed by atoms with Crippen molar-refractivity contribution in [3.05, 3.63) is 29.8 Å². The van der Waals surface area contributed by atoms with Crippen LogP contribution in [0, 0.1) is 0 Å². The summed E-state index contributed by atoms with van der Waals surface area (Å²) < 4.78 is 0. The quantitative estimate of drug-likeness (QED) is 0.336. The highest BCUT2D eigenvalue weighted by Gasteiger charge is 2.27. The first-order valence-electron chi connectivity index (χ1n) is 4.52. The highest BCUT2D eigenvalue weighted by molar-refractivity contribution is 7.80. The van der Waals surface area contributed by atoms with Gasteiger partial charge in [-0.1, -0.05) is 18.2 Å². The molecule has 0 bridgehead atoms. The van der Waals surface area contributed by atoms with Crippen molar-refractivity contribution < 1.29 is 4.79 Å². The Hall–Kier alpha value is -1.24. The highest BCUT2D eigenvalue weighted by atomic mass is 32.1. The molecule has 15 heavy (non-hydrogen) atoms. The second-order valence-corrected chi connectivity index (χ2v) is 3.78. The van der Waals surface area contributed by atoms with Crippen LogP contribution >= 0.6 is 12.6 Å². The third-order valence-corrected chi connectivity index (χ3v) is 2.47. The van der Waals surface area contributed by atoms with Crippen LogP contribution in [0.25, 0.3) is 0 Å². The van der Waals surface area contributed by atoms with E-state index in [1.54, 1.807) is 6.07 Å². The van der Waals surface area contributed by atoms with E-state index in [9.17, 15) is 4.79 Å². The molecule has 0 spiro atoms. The molecular formula is C9H12N4OS. The van der Waals surface area contributed by atoms with Crippen molar-refractivity contribution in [2.45, 2.75) is 11.5 Å². The fourth-order valence-corrected chi connectivity index (χ4v) is 1.68. The zero-order valence-electron chi connectivity index (χ0n) is 7.90. The first-order valence-corrected chi connectivity index (χ1v) is 5.04. The monoisotopic (exact) mass is 224 g/mol. The third-order valence-electron chi connectivity index (χ3n) is 2.21. The fourth-order valence-electron chi connectivity index (χ4n) is 1.47. The van der Waals surface area contributed by atoms with Crippen molar-refractivity contribution in [3.8, 4) is 0 Å². The van der Waals surface area contributed by atoms with Crippen LogP contribution in [0.15, 0.2) is 24.3 Å². The zero-order valence-corrected chi connectivity index (χ0v) is 8.79. The molecule has 1 amide bonds. The molecule has 1 saturated heterocycles. The molecule has 5 nitrogen and oxygen atoms in total. The summed E-state index contributed by atoms with van der Waals surface area (Å²) in [6, 6.07) is 6.76. The Morgan fingerprint density at radius 3 is 2.67 bits per heavy atom. The maximum Gasteiger partial charge on any atom is 0.245 e. The van der Waals surface area contributed by atoms with Crippen molar-refractivity contribution >= 4 is 24.2 Å². The number of hydrazine groups is 1. The van der Waals surface area contributed by atoms with Gasteiger partial charge in [-0.05, 0) is 6.07 Å². The van der Waals surface area contributed by atoms with Crippen LogP contribution in [0.1, 0.15) is 11.6 Å². The molecule has 1 aliphatic rings. The number of rotatable bonds is 1. The number of benzene rings is 1. The van der Waals surface area contributed by atoms with Crippen LogP contribution < -0.4 is 21.9 Å². The van der Waals surface area contributed by atoms with E-state index in [-0.39, 0.29) is 11.4 Å². The molecule has 1 aliphatic heterocycles. The second-order valence-electron chi connectivity index (χ2n) is 3.26. The number of para-hydroxylation sites is 1. The number of nitrogens with one attached hydrogen (secondary N) is 3. The minimum absolute atomic E-state index is 0.147. The molecule has 5 N–H and O–H groups in total. The van der Waals surface area contributed by atoms with Crippen LogP contribution in [0.3, 0.4) is 0 Å². The van der Waals surface area contributed by atoms with Crippen LogP contribution in [-0.2, 0) is 4.79 Å². The van der Waals surface area contributed by atoms with Crippen LogP contribution in [0.4, 0.5) is 5.69 Å². The number of anilines is 1. The molecule has 1 aromatic carbocycles. The summed E-state index contributed by atoms with van der Waals surface area (Å²) in [7, 11) is 0. The summed E-state index contributed by atoms with van der Waals surface area (Å²) in [6.45, 7) is 0. The minimum Gasteiger partial charge on any atom is -0.398 e. The number of thiol groups is 1. The van der Waals surface area contributed by atoms with E-state index in [2.05, 4.69) is 28.8 Å². The Morgan fingerprint density at radius 2 is 2.00 bits per heavy atom. The molecule has 0 aliphatic carbocycles. The maximum absolute atomic E-state index is 11.6. The maximum atomic E-state index is 11.6. The molecule has 6 heteroatoms. The van der Waals surface area contributed by atoms with Crippen molar-refractivity contribution in [1.82, 2.24) is 16.2 Å². The normalized spacial score (nSPS) is 26.1. The molecule has 80 valence electrons. The van der Waals surface area contributed by atoms with Gasteiger partial charge in [0.1, 0.15) is 11.5 Å². The molecular weight excluding hydrogens is 212 g/mol. The average molecular weight is 224 g/mol. The Bertz CT molecular complexity index is 384. The lowest BCUT2D eigenvalue weighted by Gasteiger charge is -2.29. The van der Waals surface area contributed by atoms with Gasteiger partial charge >= 0.3 is 0 Å². The summed E-state index contributed by atoms with van der Waals surface area (Å²) in [5, 5.41) is 2.65. The van der Waals surface area contributed by atoms with Gasteiger partial charge in [-0.3, -0.25) is 4.79 Å². The smallest absolute Gasteiger partial charge is 0.245 e. The van der Waals surface area contributed by atoms with Crippen molar-refractivity contribution in [2.24, 2.45) is 0 Å². The topological polar surface area (TPSA) is 79.2 Å². The Morgan fingerprint density at radius 1 is 1.27 bits per heavy atom. The number of hydrogen-bond acceptors (Lipinski definition) is 5. The average Bonchev–Trinajstić information content (AvgIpc) is 2.20. The van der Waals surface area contributed by atoms with Gasteiger partial charge in [0.2, 0.25) is 5.91 Å². The molecule has 1 aromatic rings. The predicted molar refractivity (Wildman–Crippen MR) is 60.8 cm³/mol. The molecule has 0 radical (unpaired) electrons. The summed E-state index contributed by atoms with van der Waals surface area (Å²) in [6.07, 6.45) is 0. The number of nitrogens with two attached hydrogens (primary N) is 1. The molecule has 2 atom stereocenters. The summed E-state index contributed by atoms with van der Waals surface area (Å²) in [5.74, 6) is -0.147. The van der Waals surface area contributed by atoms with Crippen molar-refractivity contribution in [2.75, 3.05) is 5.73 Å². The highest BCUT2D eigenvalue weighted by Crippen LogP contribution is 2.21. The fraction of sp³-hybridized carbons (Fsp3) is 0.222. The van der Waals surface area contributed by atoms with E-state index in [1.165, 1.54) is 0 Å². The van der Waals surface area contributed by atoms with Crippen molar-refractivity contribution in [1.29, 1.82) is 0 Å². The molecule has 0 aromatic heterocycles. The lowest BCUT2D eigenvalue weighted by Crippen LogP contribution is -2.59. The molecule has 1 fully saturated rings. The lowest BCUT2D eigenvalue weighted by molar-refractivity contribution is -0.125. The summed E-state index contributed by atoms with van der Waals surface area (Å²) >= 11 is 4.06. The standard InChI is InChI=1S/C9H12N4OS/c10-6-4-2-1-3-5(6)7-8(14)11-9(15)13-12-7/h1-4,7,9,12-13,15H,10H2,(H,11,14). The summed E-state index contributed by atoms with van der Waals surface area (Å²) in [5.41, 5.74) is 12.4. The molecule has 1 heterocycles. The molecule has 2 unspecified atom stereocenters. The van der Waals surface area contributed by atoms with E-state index in [0.29, 0.717) is 5.69 Å². The van der Waals surface area contributed by atoms with E-state index in [1.807, 2.05) is 18.2 Å². The van der Waals surface area contributed by atoms with Crippen LogP contribution in [0.2, 0.25) is 0 Å². The lowest BCUT2D eigenvalue weighted by atomic mass is 10.0. The number of carbonyl (C=O) groups is 1. The number of carbonyl (C=O) groups excluding carboxylic acids is 1. The van der Waals surface area contributed by atoms with Crippen molar-refractivity contribution in [3.63, 3.8) is 0 Å². The van der Waals surface area contributed by atoms with Gasteiger partial charge < -0.3 is 11.1 Å². The van der Waals surface area contributed by atoms with Crippen LogP contribution in [-0.4, -0.2) is 11.4 Å².